The van der Waals surface area contributed by atoms with E-state index in [2.05, 4.69) is 32.0 Å². The highest BCUT2D eigenvalue weighted by atomic mass is 15.3. The van der Waals surface area contributed by atoms with Crippen molar-refractivity contribution in [3.05, 3.63) is 11.6 Å². The predicted molar refractivity (Wildman–Crippen MR) is 79.5 cm³/mol. The van der Waals surface area contributed by atoms with E-state index >= 15 is 0 Å². The van der Waals surface area contributed by atoms with Crippen LogP contribution in [-0.4, -0.2) is 46.3 Å². The van der Waals surface area contributed by atoms with Crippen molar-refractivity contribution in [2.75, 3.05) is 26.7 Å². The zero-order chi connectivity index (χ0) is 13.9. The largest absolute Gasteiger partial charge is 0.320 e. The van der Waals surface area contributed by atoms with Gasteiger partial charge in [0, 0.05) is 13.0 Å². The van der Waals surface area contributed by atoms with Gasteiger partial charge >= 0.3 is 0 Å². The summed E-state index contributed by atoms with van der Waals surface area (Å²) in [7, 11) is 4.17. The molecule has 0 aromatic carbocycles. The average Bonchev–Trinajstić information content (AvgIpc) is 3.24. The van der Waals surface area contributed by atoms with Gasteiger partial charge in [0.25, 0.3) is 0 Å². The monoisotopic (exact) mass is 277 g/mol. The molecule has 2 aliphatic rings. The van der Waals surface area contributed by atoms with Crippen LogP contribution in [0.2, 0.25) is 0 Å². The smallest absolute Gasteiger partial charge is 0.146 e. The van der Waals surface area contributed by atoms with Gasteiger partial charge in [0.05, 0.1) is 6.54 Å². The van der Waals surface area contributed by atoms with Crippen LogP contribution >= 0.6 is 0 Å². The SMILES string of the molecule is CNCCC1CCN(Cc2nnc(C3CC3)n2C)CC1. The van der Waals surface area contributed by atoms with E-state index in [9.17, 15) is 0 Å². The first-order valence-electron chi connectivity index (χ1n) is 8.03. The molecular weight excluding hydrogens is 250 g/mol. The molecule has 1 saturated heterocycles. The molecule has 0 amide bonds. The first-order valence-corrected chi connectivity index (χ1v) is 8.03. The van der Waals surface area contributed by atoms with Crippen LogP contribution in [0.3, 0.4) is 0 Å². The Morgan fingerprint density at radius 1 is 1.15 bits per heavy atom. The van der Waals surface area contributed by atoms with Crippen molar-refractivity contribution in [3.8, 4) is 0 Å². The van der Waals surface area contributed by atoms with Gasteiger partial charge in [0.15, 0.2) is 0 Å². The minimum absolute atomic E-state index is 0.688. The van der Waals surface area contributed by atoms with Crippen LogP contribution in [0.1, 0.15) is 49.7 Å². The maximum Gasteiger partial charge on any atom is 0.146 e. The van der Waals surface area contributed by atoms with Crippen molar-refractivity contribution in [2.45, 2.75) is 44.6 Å². The lowest BCUT2D eigenvalue weighted by Gasteiger charge is -2.31. The highest BCUT2D eigenvalue weighted by Crippen LogP contribution is 2.38. The van der Waals surface area contributed by atoms with E-state index in [1.807, 2.05) is 7.05 Å². The van der Waals surface area contributed by atoms with E-state index in [1.54, 1.807) is 0 Å². The summed E-state index contributed by atoms with van der Waals surface area (Å²) in [5.41, 5.74) is 0. The van der Waals surface area contributed by atoms with E-state index < -0.39 is 0 Å². The minimum atomic E-state index is 0.688. The lowest BCUT2D eigenvalue weighted by molar-refractivity contribution is 0.167. The lowest BCUT2D eigenvalue weighted by Crippen LogP contribution is -2.34. The molecule has 1 aliphatic carbocycles. The molecule has 2 heterocycles. The molecule has 5 nitrogen and oxygen atoms in total. The van der Waals surface area contributed by atoms with Gasteiger partial charge in [-0.25, -0.2) is 0 Å². The van der Waals surface area contributed by atoms with Gasteiger partial charge in [-0.05, 0) is 64.7 Å². The second kappa shape index (κ2) is 6.22. The van der Waals surface area contributed by atoms with Crippen molar-refractivity contribution in [1.82, 2.24) is 25.0 Å². The van der Waals surface area contributed by atoms with Gasteiger partial charge in [-0.1, -0.05) is 0 Å². The van der Waals surface area contributed by atoms with Crippen LogP contribution in [0.15, 0.2) is 0 Å². The Kier molecular flexibility index (Phi) is 4.36. The molecule has 5 heteroatoms. The van der Waals surface area contributed by atoms with Gasteiger partial charge in [-0.15, -0.1) is 10.2 Å². The van der Waals surface area contributed by atoms with Crippen LogP contribution in [0, 0.1) is 5.92 Å². The Labute approximate surface area is 121 Å². The van der Waals surface area contributed by atoms with Crippen molar-refractivity contribution in [1.29, 1.82) is 0 Å². The quantitative estimate of drug-likeness (QED) is 0.856. The number of hydrogen-bond donors (Lipinski definition) is 1. The summed E-state index contributed by atoms with van der Waals surface area (Å²) in [6, 6.07) is 0. The Morgan fingerprint density at radius 3 is 2.55 bits per heavy atom. The number of nitrogens with one attached hydrogen (secondary N) is 1. The molecule has 1 saturated carbocycles. The third-order valence-corrected chi connectivity index (χ3v) is 4.82. The molecule has 1 aliphatic heterocycles. The van der Waals surface area contributed by atoms with E-state index in [4.69, 9.17) is 0 Å². The summed E-state index contributed by atoms with van der Waals surface area (Å²) in [5, 5.41) is 12.0. The predicted octanol–water partition coefficient (Wildman–Crippen LogP) is 1.51. The highest BCUT2D eigenvalue weighted by Gasteiger charge is 2.29. The fourth-order valence-corrected chi connectivity index (χ4v) is 3.19. The summed E-state index contributed by atoms with van der Waals surface area (Å²) in [4.78, 5) is 2.54. The van der Waals surface area contributed by atoms with E-state index in [1.165, 1.54) is 51.0 Å². The van der Waals surface area contributed by atoms with E-state index in [0.29, 0.717) is 5.92 Å². The van der Waals surface area contributed by atoms with Gasteiger partial charge in [-0.3, -0.25) is 4.90 Å². The van der Waals surface area contributed by atoms with Crippen LogP contribution < -0.4 is 5.32 Å². The van der Waals surface area contributed by atoms with Gasteiger partial charge in [0.2, 0.25) is 0 Å². The number of likely N-dealkylation sites (tertiary alicyclic amines) is 1. The molecule has 1 N–H and O–H groups in total. The van der Waals surface area contributed by atoms with Crippen molar-refractivity contribution < 1.29 is 0 Å². The lowest BCUT2D eigenvalue weighted by atomic mass is 9.93. The van der Waals surface area contributed by atoms with Crippen molar-refractivity contribution >= 4 is 0 Å². The number of rotatable bonds is 6. The molecule has 2 fully saturated rings. The standard InChI is InChI=1S/C15H27N5/c1-16-8-5-12-6-9-20(10-7-12)11-14-17-18-15(19(14)2)13-3-4-13/h12-13,16H,3-11H2,1-2H3. The highest BCUT2D eigenvalue weighted by molar-refractivity contribution is 5.07. The molecule has 3 rings (SSSR count). The van der Waals surface area contributed by atoms with Crippen LogP contribution in [-0.2, 0) is 13.6 Å². The third-order valence-electron chi connectivity index (χ3n) is 4.82. The molecule has 0 unspecified atom stereocenters. The molecule has 0 atom stereocenters. The normalized spacial score (nSPS) is 21.5. The number of hydrogen-bond acceptors (Lipinski definition) is 4. The summed E-state index contributed by atoms with van der Waals surface area (Å²) < 4.78 is 2.23. The first-order chi connectivity index (χ1) is 9.78. The molecule has 20 heavy (non-hydrogen) atoms. The summed E-state index contributed by atoms with van der Waals surface area (Å²) in [5.74, 6) is 3.93. The molecule has 112 valence electrons. The minimum Gasteiger partial charge on any atom is -0.320 e. The molecular formula is C15H27N5. The summed E-state index contributed by atoms with van der Waals surface area (Å²) >= 11 is 0. The van der Waals surface area contributed by atoms with Crippen molar-refractivity contribution in [2.24, 2.45) is 13.0 Å². The molecule has 0 spiro atoms. The zero-order valence-electron chi connectivity index (χ0n) is 12.8. The van der Waals surface area contributed by atoms with E-state index in [-0.39, 0.29) is 0 Å². The van der Waals surface area contributed by atoms with Crippen LogP contribution in [0.4, 0.5) is 0 Å². The second-order valence-electron chi connectivity index (χ2n) is 6.42. The fourth-order valence-electron chi connectivity index (χ4n) is 3.19. The molecule has 1 aromatic heterocycles. The Morgan fingerprint density at radius 2 is 1.90 bits per heavy atom. The molecule has 1 aromatic rings. The average molecular weight is 277 g/mol. The topological polar surface area (TPSA) is 46.0 Å². The number of nitrogens with zero attached hydrogens (tertiary/aromatic N) is 4. The second-order valence-corrected chi connectivity index (χ2v) is 6.42. The number of piperidine rings is 1. The molecule has 0 radical (unpaired) electrons. The Balaban J connectivity index is 1.49. The third kappa shape index (κ3) is 3.20. The van der Waals surface area contributed by atoms with E-state index in [0.717, 1.165) is 24.8 Å². The van der Waals surface area contributed by atoms with Gasteiger partial charge in [0.1, 0.15) is 11.6 Å². The van der Waals surface area contributed by atoms with Gasteiger partial charge in [-0.2, -0.15) is 0 Å². The van der Waals surface area contributed by atoms with Crippen LogP contribution in [0.5, 0.6) is 0 Å². The fraction of sp³-hybridized carbons (Fsp3) is 0.867. The van der Waals surface area contributed by atoms with Crippen LogP contribution in [0.25, 0.3) is 0 Å². The maximum atomic E-state index is 4.40. The Bertz CT molecular complexity index is 429. The maximum absolute atomic E-state index is 4.40. The first kappa shape index (κ1) is 14.0. The molecule has 0 bridgehead atoms. The summed E-state index contributed by atoms with van der Waals surface area (Å²) in [6.07, 6.45) is 6.57. The summed E-state index contributed by atoms with van der Waals surface area (Å²) in [6.45, 7) is 4.54. The van der Waals surface area contributed by atoms with Crippen molar-refractivity contribution in [3.63, 3.8) is 0 Å². The number of aromatic nitrogens is 3. The van der Waals surface area contributed by atoms with Gasteiger partial charge < -0.3 is 9.88 Å². The Hall–Kier alpha value is -0.940. The zero-order valence-corrected chi connectivity index (χ0v) is 12.8.